The molecule has 32 heavy (non-hydrogen) atoms. The highest BCUT2D eigenvalue weighted by Gasteiger charge is 2.12. The van der Waals surface area contributed by atoms with E-state index in [1.54, 1.807) is 48.4 Å². The fraction of sp³-hybridized carbons (Fsp3) is 0.136. The number of ether oxygens (including phenoxy) is 1. The number of rotatable bonds is 8. The lowest BCUT2D eigenvalue weighted by molar-refractivity contribution is -0.139. The fourth-order valence-electron chi connectivity index (χ4n) is 3.00. The Balaban J connectivity index is 1.46. The Kier molecular flexibility index (Phi) is 6.31. The maximum atomic E-state index is 12.7. The second-order valence-corrected chi connectivity index (χ2v) is 7.81. The molecule has 0 atom stereocenters. The molecule has 162 valence electrons. The van der Waals surface area contributed by atoms with E-state index in [0.717, 1.165) is 10.7 Å². The summed E-state index contributed by atoms with van der Waals surface area (Å²) in [4.78, 5) is 27.9. The molecule has 0 bridgehead atoms. The molecule has 0 radical (unpaired) electrons. The zero-order valence-electron chi connectivity index (χ0n) is 17.1. The molecule has 0 unspecified atom stereocenters. The number of carboxylic acids is 1. The zero-order valence-corrected chi connectivity index (χ0v) is 17.9. The van der Waals surface area contributed by atoms with Crippen molar-refractivity contribution in [2.24, 2.45) is 7.05 Å². The minimum absolute atomic E-state index is 0.242. The zero-order chi connectivity index (χ0) is 22.5. The highest BCUT2D eigenvalue weighted by atomic mass is 32.2. The molecule has 0 aliphatic heterocycles. The van der Waals surface area contributed by atoms with Crippen LogP contribution in [0.1, 0.15) is 16.1 Å². The summed E-state index contributed by atoms with van der Waals surface area (Å²) >= 11 is 1.55. The lowest BCUT2D eigenvalue weighted by Gasteiger charge is -2.09. The Morgan fingerprint density at radius 1 is 1.16 bits per heavy atom. The highest BCUT2D eigenvalue weighted by molar-refractivity contribution is 7.98. The second-order valence-electron chi connectivity index (χ2n) is 6.87. The van der Waals surface area contributed by atoms with Gasteiger partial charge in [-0.3, -0.25) is 4.79 Å². The molecule has 2 N–H and O–H groups in total. The van der Waals surface area contributed by atoms with Gasteiger partial charge in [0.05, 0.1) is 5.52 Å². The quantitative estimate of drug-likeness (QED) is 0.393. The second kappa shape index (κ2) is 9.48. The number of hydrogen-bond donors (Lipinski definition) is 2. The fourth-order valence-corrected chi connectivity index (χ4v) is 3.83. The largest absolute Gasteiger partial charge is 0.481 e. The van der Waals surface area contributed by atoms with Crippen molar-refractivity contribution < 1.29 is 19.4 Å². The molecule has 0 spiro atoms. The third-order valence-electron chi connectivity index (χ3n) is 4.50. The van der Waals surface area contributed by atoms with Gasteiger partial charge in [-0.2, -0.15) is 0 Å². The van der Waals surface area contributed by atoms with Crippen LogP contribution in [0.2, 0.25) is 0 Å². The van der Waals surface area contributed by atoms with E-state index in [9.17, 15) is 9.59 Å². The molecule has 0 saturated heterocycles. The van der Waals surface area contributed by atoms with Crippen LogP contribution in [-0.4, -0.2) is 43.3 Å². The van der Waals surface area contributed by atoms with Crippen molar-refractivity contribution in [3.8, 4) is 5.75 Å². The van der Waals surface area contributed by atoms with E-state index in [2.05, 4.69) is 20.5 Å². The van der Waals surface area contributed by atoms with E-state index < -0.39 is 12.6 Å². The maximum absolute atomic E-state index is 12.7. The van der Waals surface area contributed by atoms with E-state index in [4.69, 9.17) is 9.84 Å². The number of nitrogens with zero attached hydrogens (tertiary/aromatic N) is 4. The molecule has 0 saturated carbocycles. The Hall–Kier alpha value is -3.92. The van der Waals surface area contributed by atoms with Gasteiger partial charge >= 0.3 is 5.97 Å². The Morgan fingerprint density at radius 3 is 2.78 bits per heavy atom. The summed E-state index contributed by atoms with van der Waals surface area (Å²) in [6, 6.07) is 16.0. The number of aliphatic carboxylic acids is 1. The van der Waals surface area contributed by atoms with Crippen LogP contribution in [0, 0.1) is 0 Å². The van der Waals surface area contributed by atoms with Crippen molar-refractivity contribution in [2.75, 3.05) is 11.9 Å². The first kappa shape index (κ1) is 21.3. The third-order valence-corrected chi connectivity index (χ3v) is 5.60. The van der Waals surface area contributed by atoms with Gasteiger partial charge in [-0.05, 0) is 42.0 Å². The van der Waals surface area contributed by atoms with E-state index in [1.165, 1.54) is 0 Å². The van der Waals surface area contributed by atoms with Gasteiger partial charge in [0.1, 0.15) is 17.8 Å². The van der Waals surface area contributed by atoms with E-state index >= 15 is 0 Å². The summed E-state index contributed by atoms with van der Waals surface area (Å²) < 4.78 is 7.14. The smallest absolute Gasteiger partial charge is 0.341 e. The normalized spacial score (nSPS) is 10.8. The number of nitrogens with one attached hydrogen (secondary N) is 1. The number of thioether (sulfide) groups is 1. The summed E-state index contributed by atoms with van der Waals surface area (Å²) in [7, 11) is 1.89. The predicted octanol–water partition coefficient (Wildman–Crippen LogP) is 3.37. The van der Waals surface area contributed by atoms with Gasteiger partial charge in [-0.25, -0.2) is 9.78 Å². The minimum atomic E-state index is -1.07. The number of amides is 1. The Bertz CT molecular complexity index is 1290. The number of carboxylic acid groups (broad SMARTS) is 1. The molecule has 2 aromatic carbocycles. The van der Waals surface area contributed by atoms with Gasteiger partial charge in [-0.1, -0.05) is 30.0 Å². The summed E-state index contributed by atoms with van der Waals surface area (Å²) in [5.74, 6) is -0.327. The monoisotopic (exact) mass is 449 g/mol. The Labute approximate surface area is 187 Å². The minimum Gasteiger partial charge on any atom is -0.481 e. The predicted molar refractivity (Wildman–Crippen MR) is 120 cm³/mol. The van der Waals surface area contributed by atoms with Gasteiger partial charge in [0.15, 0.2) is 11.8 Å². The first-order valence-electron chi connectivity index (χ1n) is 9.61. The summed E-state index contributed by atoms with van der Waals surface area (Å²) in [5.41, 5.74) is 2.47. The number of carbonyl (C=O) groups is 2. The number of carbonyl (C=O) groups excluding carboxylic acids is 1. The first-order valence-corrected chi connectivity index (χ1v) is 10.6. The van der Waals surface area contributed by atoms with Crippen LogP contribution in [0.5, 0.6) is 5.75 Å². The molecule has 2 heterocycles. The molecular weight excluding hydrogens is 430 g/mol. The lowest BCUT2D eigenvalue weighted by atomic mass is 10.1. The molecule has 10 heteroatoms. The van der Waals surface area contributed by atoms with Crippen molar-refractivity contribution in [3.05, 3.63) is 72.2 Å². The molecule has 4 rings (SSSR count). The van der Waals surface area contributed by atoms with Gasteiger partial charge < -0.3 is 19.7 Å². The molecule has 2 aromatic heterocycles. The molecule has 9 nitrogen and oxygen atoms in total. The number of anilines is 1. The number of fused-ring (bicyclic) bond motifs is 1. The van der Waals surface area contributed by atoms with E-state index in [1.807, 2.05) is 35.9 Å². The molecule has 1 amide bonds. The van der Waals surface area contributed by atoms with Crippen LogP contribution in [-0.2, 0) is 17.6 Å². The summed E-state index contributed by atoms with van der Waals surface area (Å²) in [6.07, 6.45) is 1.65. The lowest BCUT2D eigenvalue weighted by Crippen LogP contribution is -2.14. The van der Waals surface area contributed by atoms with Crippen LogP contribution in [0.15, 0.2) is 66.1 Å². The van der Waals surface area contributed by atoms with Crippen molar-refractivity contribution >= 4 is 40.2 Å². The molecular formula is C22H19N5O4S. The number of pyridine rings is 1. The Morgan fingerprint density at radius 2 is 2.00 bits per heavy atom. The van der Waals surface area contributed by atoms with Crippen LogP contribution < -0.4 is 10.1 Å². The summed E-state index contributed by atoms with van der Waals surface area (Å²) in [5, 5.41) is 21.0. The van der Waals surface area contributed by atoms with Crippen LogP contribution in [0.4, 0.5) is 5.69 Å². The third kappa shape index (κ3) is 5.03. The molecule has 0 aliphatic rings. The molecule has 0 aliphatic carbocycles. The topological polar surface area (TPSA) is 119 Å². The van der Waals surface area contributed by atoms with Crippen LogP contribution in [0.25, 0.3) is 10.9 Å². The van der Waals surface area contributed by atoms with Gasteiger partial charge in [0.2, 0.25) is 0 Å². The number of benzene rings is 2. The van der Waals surface area contributed by atoms with Gasteiger partial charge in [0, 0.05) is 23.9 Å². The van der Waals surface area contributed by atoms with E-state index in [-0.39, 0.29) is 11.6 Å². The highest BCUT2D eigenvalue weighted by Crippen LogP contribution is 2.25. The maximum Gasteiger partial charge on any atom is 0.341 e. The average molecular weight is 449 g/mol. The van der Waals surface area contributed by atoms with Gasteiger partial charge in [0.25, 0.3) is 5.91 Å². The van der Waals surface area contributed by atoms with Crippen molar-refractivity contribution in [1.29, 1.82) is 0 Å². The number of aromatic nitrogens is 4. The number of hydrogen-bond acceptors (Lipinski definition) is 7. The van der Waals surface area contributed by atoms with Crippen LogP contribution >= 0.6 is 11.8 Å². The van der Waals surface area contributed by atoms with Gasteiger partial charge in [-0.15, -0.1) is 10.2 Å². The standard InChI is InChI=1S/C22H19N5O4S/c1-27-13-23-26-22(27)32-12-14-4-2-5-15(10-14)24-21(30)18-9-8-16-17(25-18)6-3-7-19(16)31-11-20(28)29/h2-10,13H,11-12H2,1H3,(H,24,30)(H,28,29). The average Bonchev–Trinajstić information content (AvgIpc) is 3.20. The number of aryl methyl sites for hydroxylation is 1. The van der Waals surface area contributed by atoms with Crippen molar-refractivity contribution in [3.63, 3.8) is 0 Å². The molecule has 4 aromatic rings. The molecule has 0 fully saturated rings. The first-order chi connectivity index (χ1) is 15.5. The van der Waals surface area contributed by atoms with Crippen LogP contribution in [0.3, 0.4) is 0 Å². The van der Waals surface area contributed by atoms with Crippen molar-refractivity contribution in [2.45, 2.75) is 10.9 Å². The van der Waals surface area contributed by atoms with Crippen molar-refractivity contribution in [1.82, 2.24) is 19.7 Å². The van der Waals surface area contributed by atoms with E-state index in [0.29, 0.717) is 28.1 Å². The summed E-state index contributed by atoms with van der Waals surface area (Å²) in [6.45, 7) is -0.452. The SMILES string of the molecule is Cn1cnnc1SCc1cccc(NC(=O)c2ccc3c(OCC(=O)O)cccc3n2)c1.